The molecule has 0 fully saturated rings. The summed E-state index contributed by atoms with van der Waals surface area (Å²) in [6.07, 6.45) is 1.28. The van der Waals surface area contributed by atoms with E-state index in [-0.39, 0.29) is 28.2 Å². The van der Waals surface area contributed by atoms with Crippen LogP contribution in [-0.4, -0.2) is 21.1 Å². The highest BCUT2D eigenvalue weighted by molar-refractivity contribution is 9.10. The molecule has 0 N–H and O–H groups in total. The van der Waals surface area contributed by atoms with E-state index in [0.29, 0.717) is 5.82 Å². The molecular formula is C15H8BrCl2N3O3. The summed E-state index contributed by atoms with van der Waals surface area (Å²) in [4.78, 5) is 19.9. The number of halogens is 3. The molecule has 122 valence electrons. The van der Waals surface area contributed by atoms with E-state index in [1.165, 1.54) is 12.3 Å². The quantitative estimate of drug-likeness (QED) is 0.447. The van der Waals surface area contributed by atoms with Gasteiger partial charge in [0, 0.05) is 16.2 Å². The van der Waals surface area contributed by atoms with Gasteiger partial charge in [-0.05, 0) is 18.2 Å². The van der Waals surface area contributed by atoms with Gasteiger partial charge in [-0.1, -0.05) is 56.4 Å². The molecule has 3 aromatic rings. The van der Waals surface area contributed by atoms with Crippen LogP contribution >= 0.6 is 39.1 Å². The van der Waals surface area contributed by atoms with Crippen LogP contribution in [0, 0.1) is 0 Å². The first-order chi connectivity index (χ1) is 11.5. The van der Waals surface area contributed by atoms with Crippen LogP contribution in [0.4, 0.5) is 0 Å². The highest BCUT2D eigenvalue weighted by atomic mass is 79.9. The van der Waals surface area contributed by atoms with Crippen LogP contribution in [0.25, 0.3) is 11.4 Å². The number of hydrogen-bond acceptors (Lipinski definition) is 6. The number of nitrogens with zero attached hydrogens (tertiary/aromatic N) is 3. The lowest BCUT2D eigenvalue weighted by Crippen LogP contribution is -2.06. The van der Waals surface area contributed by atoms with Gasteiger partial charge in [-0.15, -0.1) is 0 Å². The van der Waals surface area contributed by atoms with E-state index in [2.05, 4.69) is 31.1 Å². The second-order valence-electron chi connectivity index (χ2n) is 4.59. The molecule has 9 heteroatoms. The lowest BCUT2D eigenvalue weighted by Gasteiger charge is -2.02. The molecule has 2 heterocycles. The molecule has 0 unspecified atom stereocenters. The van der Waals surface area contributed by atoms with E-state index in [4.69, 9.17) is 32.5 Å². The van der Waals surface area contributed by atoms with Gasteiger partial charge in [0.2, 0.25) is 5.82 Å². The lowest BCUT2D eigenvalue weighted by atomic mass is 10.2. The molecule has 0 aliphatic carbocycles. The van der Waals surface area contributed by atoms with Gasteiger partial charge >= 0.3 is 5.97 Å². The summed E-state index contributed by atoms with van der Waals surface area (Å²) in [6.45, 7) is -0.167. The second-order valence-corrected chi connectivity index (χ2v) is 6.28. The Bertz CT molecular complexity index is 901. The Kier molecular flexibility index (Phi) is 5.13. The Morgan fingerprint density at radius 2 is 2.12 bits per heavy atom. The largest absolute Gasteiger partial charge is 0.452 e. The molecule has 0 radical (unpaired) electrons. The summed E-state index contributed by atoms with van der Waals surface area (Å²) in [5.74, 6) is -0.0480. The average molecular weight is 429 g/mol. The number of carbonyl (C=O) groups is 1. The summed E-state index contributed by atoms with van der Waals surface area (Å²) in [5, 5.41) is 4.14. The molecular weight excluding hydrogens is 421 g/mol. The third-order valence-corrected chi connectivity index (χ3v) is 4.09. The molecule has 0 saturated heterocycles. The Morgan fingerprint density at radius 3 is 2.88 bits per heavy atom. The maximum Gasteiger partial charge on any atom is 0.340 e. The van der Waals surface area contributed by atoms with E-state index in [0.717, 1.165) is 10.0 Å². The Morgan fingerprint density at radius 1 is 1.29 bits per heavy atom. The number of benzene rings is 1. The minimum atomic E-state index is -0.622. The average Bonchev–Trinajstić information content (AvgIpc) is 3.04. The minimum Gasteiger partial charge on any atom is -0.452 e. The summed E-state index contributed by atoms with van der Waals surface area (Å²) < 4.78 is 11.1. The van der Waals surface area contributed by atoms with E-state index < -0.39 is 5.97 Å². The molecule has 6 nitrogen and oxygen atoms in total. The number of pyridine rings is 1. The van der Waals surface area contributed by atoms with Gasteiger partial charge in [0.05, 0.1) is 10.6 Å². The number of esters is 1. The monoisotopic (exact) mass is 427 g/mol. The van der Waals surface area contributed by atoms with Crippen LogP contribution in [-0.2, 0) is 11.3 Å². The van der Waals surface area contributed by atoms with Gasteiger partial charge in [0.25, 0.3) is 5.89 Å². The van der Waals surface area contributed by atoms with Crippen LogP contribution in [0.3, 0.4) is 0 Å². The van der Waals surface area contributed by atoms with Gasteiger partial charge in [0.1, 0.15) is 5.15 Å². The number of hydrogen-bond donors (Lipinski definition) is 0. The third-order valence-electron chi connectivity index (χ3n) is 2.91. The van der Waals surface area contributed by atoms with E-state index in [1.54, 1.807) is 0 Å². The number of carbonyl (C=O) groups excluding carboxylic acids is 1. The van der Waals surface area contributed by atoms with Crippen molar-refractivity contribution in [3.8, 4) is 11.4 Å². The Hall–Kier alpha value is -1.96. The van der Waals surface area contributed by atoms with E-state index in [9.17, 15) is 4.79 Å². The van der Waals surface area contributed by atoms with Crippen LogP contribution in [0.1, 0.15) is 16.2 Å². The maximum absolute atomic E-state index is 11.9. The predicted octanol–water partition coefficient (Wildman–Crippen LogP) is 4.56. The van der Waals surface area contributed by atoms with Gasteiger partial charge in [0.15, 0.2) is 6.61 Å². The van der Waals surface area contributed by atoms with Crippen molar-refractivity contribution in [1.29, 1.82) is 0 Å². The zero-order valence-electron chi connectivity index (χ0n) is 11.9. The Balaban J connectivity index is 1.67. The van der Waals surface area contributed by atoms with Gasteiger partial charge in [-0.3, -0.25) is 0 Å². The van der Waals surface area contributed by atoms with Crippen LogP contribution in [0.5, 0.6) is 0 Å². The fourth-order valence-electron chi connectivity index (χ4n) is 1.80. The SMILES string of the molecule is O=C(OCc1nc(-c2cccc(Br)c2)no1)c1cnc(Cl)c(Cl)c1. The van der Waals surface area contributed by atoms with Gasteiger partial charge in [-0.2, -0.15) is 4.98 Å². The van der Waals surface area contributed by atoms with Crippen LogP contribution in [0.2, 0.25) is 10.2 Å². The van der Waals surface area contributed by atoms with Crippen molar-refractivity contribution < 1.29 is 14.1 Å². The molecule has 0 saturated carbocycles. The normalized spacial score (nSPS) is 10.6. The van der Waals surface area contributed by atoms with Crippen molar-refractivity contribution in [2.75, 3.05) is 0 Å². The first kappa shape index (κ1) is 16.9. The third kappa shape index (κ3) is 3.92. The van der Waals surface area contributed by atoms with E-state index >= 15 is 0 Å². The maximum atomic E-state index is 11.9. The van der Waals surface area contributed by atoms with Gasteiger partial charge in [-0.25, -0.2) is 9.78 Å². The summed E-state index contributed by atoms with van der Waals surface area (Å²) in [5.41, 5.74) is 0.954. The molecule has 0 amide bonds. The molecule has 0 aliphatic heterocycles. The van der Waals surface area contributed by atoms with Crippen molar-refractivity contribution in [1.82, 2.24) is 15.1 Å². The zero-order valence-corrected chi connectivity index (χ0v) is 15.0. The lowest BCUT2D eigenvalue weighted by molar-refractivity contribution is 0.0429. The first-order valence-corrected chi connectivity index (χ1v) is 8.14. The molecule has 0 atom stereocenters. The molecule has 0 aliphatic rings. The molecule has 3 rings (SSSR count). The number of ether oxygens (including phenoxy) is 1. The second kappa shape index (κ2) is 7.29. The van der Waals surface area contributed by atoms with Crippen LogP contribution < -0.4 is 0 Å². The van der Waals surface area contributed by atoms with Gasteiger partial charge < -0.3 is 9.26 Å². The Labute approximate surface area is 154 Å². The van der Waals surface area contributed by atoms with Crippen molar-refractivity contribution in [3.05, 3.63) is 62.6 Å². The number of rotatable bonds is 4. The zero-order chi connectivity index (χ0) is 17.1. The van der Waals surface area contributed by atoms with Crippen molar-refractivity contribution >= 4 is 45.1 Å². The molecule has 0 spiro atoms. The van der Waals surface area contributed by atoms with Crippen LogP contribution in [0.15, 0.2) is 45.5 Å². The molecule has 0 bridgehead atoms. The minimum absolute atomic E-state index is 0.115. The topological polar surface area (TPSA) is 78.1 Å². The fourth-order valence-corrected chi connectivity index (χ4v) is 2.47. The fraction of sp³-hybridized carbons (Fsp3) is 0.0667. The summed E-state index contributed by atoms with van der Waals surface area (Å²) >= 11 is 14.9. The van der Waals surface area contributed by atoms with Crippen molar-refractivity contribution in [2.24, 2.45) is 0 Å². The standard InChI is InChI=1S/C15H8BrCl2N3O3/c16-10-3-1-2-8(4-10)14-20-12(24-21-14)7-23-15(22)9-5-11(17)13(18)19-6-9/h1-6H,7H2. The highest BCUT2D eigenvalue weighted by Gasteiger charge is 2.14. The van der Waals surface area contributed by atoms with Crippen molar-refractivity contribution in [2.45, 2.75) is 6.61 Å². The van der Waals surface area contributed by atoms with Crippen molar-refractivity contribution in [3.63, 3.8) is 0 Å². The molecule has 24 heavy (non-hydrogen) atoms. The predicted molar refractivity (Wildman–Crippen MR) is 90.8 cm³/mol. The molecule has 1 aromatic carbocycles. The first-order valence-electron chi connectivity index (χ1n) is 6.59. The van der Waals surface area contributed by atoms with E-state index in [1.807, 2.05) is 24.3 Å². The smallest absolute Gasteiger partial charge is 0.340 e. The molecule has 2 aromatic heterocycles. The summed E-state index contributed by atoms with van der Waals surface area (Å²) in [6, 6.07) is 8.80. The number of aromatic nitrogens is 3. The highest BCUT2D eigenvalue weighted by Crippen LogP contribution is 2.22. The summed E-state index contributed by atoms with van der Waals surface area (Å²) in [7, 11) is 0.